The topological polar surface area (TPSA) is 167 Å². The molecule has 2 saturated heterocycles. The Morgan fingerprint density at radius 3 is 2.38 bits per heavy atom. The molecule has 0 aliphatic carbocycles. The maximum atomic E-state index is 13.5. The predicted molar refractivity (Wildman–Crippen MR) is 254 cm³/mol. The molecule has 1 unspecified atom stereocenters. The minimum Gasteiger partial charge on any atom is -0.494 e. The van der Waals surface area contributed by atoms with E-state index in [1.807, 2.05) is 43.3 Å². The monoisotopic (exact) mass is 940 g/mol. The van der Waals surface area contributed by atoms with Crippen molar-refractivity contribution in [1.29, 1.82) is 0 Å². The standard InChI is InChI=1S/C46H58BrN10O5P/c1-6-8-35(45(59)51-30-58)32-9-11-34(12-10-32)62-26-25-55-21-23-56(24-22-55)33-15-19-57(20-16-33)40-28-41(61-3)39(27-31(40)7-2)53-46-50-29-36(47)44(54-46)52-38-14-13-37-42(49-18-17-48-37)43(38)63(4,5)60/h9-14,17-18,27-30,33,35H,6-8,15-16,19-26H2,1-5H3,(H,51,58,59)(H2,50,52,53,54). The van der Waals surface area contributed by atoms with E-state index in [2.05, 4.69) is 80.6 Å². The van der Waals surface area contributed by atoms with Gasteiger partial charge in [-0.3, -0.25) is 34.7 Å². The van der Waals surface area contributed by atoms with Gasteiger partial charge in [-0.25, -0.2) is 4.98 Å². The molecule has 2 fully saturated rings. The van der Waals surface area contributed by atoms with Crippen molar-refractivity contribution >= 4 is 80.6 Å². The van der Waals surface area contributed by atoms with Crippen LogP contribution in [0.4, 0.5) is 28.8 Å². The van der Waals surface area contributed by atoms with Crippen LogP contribution in [0.5, 0.6) is 11.5 Å². The molecule has 2 aromatic heterocycles. The summed E-state index contributed by atoms with van der Waals surface area (Å²) in [5.74, 6) is 1.76. The van der Waals surface area contributed by atoms with E-state index in [9.17, 15) is 14.2 Å². The van der Waals surface area contributed by atoms with E-state index in [1.54, 1.807) is 39.0 Å². The van der Waals surface area contributed by atoms with E-state index < -0.39 is 7.14 Å². The molecule has 0 spiro atoms. The van der Waals surface area contributed by atoms with Crippen LogP contribution in [0.2, 0.25) is 0 Å². The minimum absolute atomic E-state index is 0.271. The molecule has 2 aliphatic rings. The molecular formula is C46H58BrN10O5P. The number of aryl methyl sites for hydroxylation is 1. The molecule has 0 radical (unpaired) electrons. The van der Waals surface area contributed by atoms with E-state index >= 15 is 0 Å². The van der Waals surface area contributed by atoms with Gasteiger partial charge in [0.1, 0.15) is 36.6 Å². The molecule has 5 aromatic rings. The van der Waals surface area contributed by atoms with E-state index in [0.29, 0.717) is 69.5 Å². The summed E-state index contributed by atoms with van der Waals surface area (Å²) in [7, 11) is -1.09. The van der Waals surface area contributed by atoms with E-state index in [-0.39, 0.29) is 11.8 Å². The number of carbonyl (C=O) groups is 2. The largest absolute Gasteiger partial charge is 0.494 e. The number of anilines is 5. The Morgan fingerprint density at radius 2 is 1.70 bits per heavy atom. The van der Waals surface area contributed by atoms with Crippen molar-refractivity contribution in [3.63, 3.8) is 0 Å². The number of piperazine rings is 1. The first-order valence-electron chi connectivity index (χ1n) is 21.7. The van der Waals surface area contributed by atoms with Crippen molar-refractivity contribution < 1.29 is 23.6 Å². The first-order chi connectivity index (χ1) is 30.5. The number of aromatic nitrogens is 4. The van der Waals surface area contributed by atoms with Crippen LogP contribution in [0.25, 0.3) is 11.0 Å². The van der Waals surface area contributed by atoms with Crippen molar-refractivity contribution in [2.24, 2.45) is 0 Å². The van der Waals surface area contributed by atoms with Gasteiger partial charge in [-0.15, -0.1) is 0 Å². The Balaban J connectivity index is 0.921. The van der Waals surface area contributed by atoms with Gasteiger partial charge in [-0.1, -0.05) is 32.4 Å². The van der Waals surface area contributed by atoms with Crippen LogP contribution >= 0.6 is 23.1 Å². The summed E-state index contributed by atoms with van der Waals surface area (Å²) in [5, 5.41) is 9.70. The van der Waals surface area contributed by atoms with E-state index in [4.69, 9.17) is 14.5 Å². The lowest BCUT2D eigenvalue weighted by Gasteiger charge is -2.43. The molecule has 0 saturated carbocycles. The normalized spacial score (nSPS) is 15.8. The molecule has 15 nitrogen and oxygen atoms in total. The fraction of sp³-hybridized carbons (Fsp3) is 0.435. The number of hydrogen-bond donors (Lipinski definition) is 3. The van der Waals surface area contributed by atoms with Crippen molar-refractivity contribution in [3.05, 3.63) is 82.7 Å². The number of rotatable bonds is 18. The predicted octanol–water partition coefficient (Wildman–Crippen LogP) is 7.31. The molecule has 3 N–H and O–H groups in total. The Morgan fingerprint density at radius 1 is 0.952 bits per heavy atom. The molecule has 17 heteroatoms. The molecule has 1 atom stereocenters. The SMILES string of the molecule is CCCC(C(=O)NC=O)c1ccc(OCCN2CCN(C3CCN(c4cc(OC)c(Nc5ncc(Br)c(Nc6ccc7nccnc7c6P(C)(C)=O)n5)cc4CC)CC3)CC2)cc1. The lowest BCUT2D eigenvalue weighted by Crippen LogP contribution is -2.53. The summed E-state index contributed by atoms with van der Waals surface area (Å²) in [6, 6.07) is 16.2. The van der Waals surface area contributed by atoms with Gasteiger partial charge < -0.3 is 29.6 Å². The van der Waals surface area contributed by atoms with Gasteiger partial charge in [0.25, 0.3) is 0 Å². The Hall–Kier alpha value is -5.15. The van der Waals surface area contributed by atoms with Crippen molar-refractivity contribution in [3.8, 4) is 11.5 Å². The number of nitrogens with zero attached hydrogens (tertiary/aromatic N) is 7. The molecule has 2 aliphatic heterocycles. The van der Waals surface area contributed by atoms with Gasteiger partial charge in [0.15, 0.2) is 0 Å². The minimum atomic E-state index is -2.77. The van der Waals surface area contributed by atoms with Crippen molar-refractivity contribution in [1.82, 2.24) is 35.1 Å². The van der Waals surface area contributed by atoms with Crippen molar-refractivity contribution in [2.75, 3.05) is 88.4 Å². The molecule has 0 bridgehead atoms. The third-order valence-corrected chi connectivity index (χ3v) is 14.1. The smallest absolute Gasteiger partial charge is 0.233 e. The van der Waals surface area contributed by atoms with Gasteiger partial charge in [-0.05, 0) is 96.4 Å². The average molecular weight is 942 g/mol. The number of carbonyl (C=O) groups excluding carboxylic acids is 2. The molecule has 2 amide bonds. The molecule has 334 valence electrons. The summed E-state index contributed by atoms with van der Waals surface area (Å²) in [4.78, 5) is 49.1. The van der Waals surface area contributed by atoms with Gasteiger partial charge in [0, 0.05) is 82.2 Å². The number of piperidine rings is 1. The van der Waals surface area contributed by atoms with Gasteiger partial charge in [-0.2, -0.15) is 4.98 Å². The molecule has 4 heterocycles. The second-order valence-corrected chi connectivity index (χ2v) is 20.4. The highest BCUT2D eigenvalue weighted by Crippen LogP contribution is 2.42. The van der Waals surface area contributed by atoms with Gasteiger partial charge in [0.05, 0.1) is 39.7 Å². The Bertz CT molecular complexity index is 2420. The van der Waals surface area contributed by atoms with E-state index in [1.165, 1.54) is 11.3 Å². The second-order valence-electron chi connectivity index (χ2n) is 16.4. The highest BCUT2D eigenvalue weighted by Gasteiger charge is 2.29. The van der Waals surface area contributed by atoms with Crippen LogP contribution in [0.15, 0.2) is 71.6 Å². The summed E-state index contributed by atoms with van der Waals surface area (Å²) in [6.45, 7) is 15.2. The lowest BCUT2D eigenvalue weighted by atomic mass is 9.93. The number of methoxy groups -OCH3 is 1. The number of ether oxygens (including phenoxy) is 2. The van der Waals surface area contributed by atoms with Crippen LogP contribution in [-0.4, -0.2) is 121 Å². The van der Waals surface area contributed by atoms with Crippen molar-refractivity contribution in [2.45, 2.75) is 57.9 Å². The second kappa shape index (κ2) is 21.0. The number of hydrogen-bond acceptors (Lipinski definition) is 14. The summed E-state index contributed by atoms with van der Waals surface area (Å²) >= 11 is 3.60. The molecule has 63 heavy (non-hydrogen) atoms. The number of amides is 2. The lowest BCUT2D eigenvalue weighted by molar-refractivity contribution is -0.126. The quantitative estimate of drug-likeness (QED) is 0.0591. The maximum absolute atomic E-state index is 13.5. The number of nitrogens with one attached hydrogen (secondary N) is 3. The first kappa shape index (κ1) is 45.9. The highest BCUT2D eigenvalue weighted by atomic mass is 79.9. The molecule has 7 rings (SSSR count). The maximum Gasteiger partial charge on any atom is 0.233 e. The zero-order valence-electron chi connectivity index (χ0n) is 36.8. The fourth-order valence-corrected chi connectivity index (χ4v) is 10.4. The fourth-order valence-electron chi connectivity index (χ4n) is 8.70. The Labute approximate surface area is 378 Å². The first-order valence-corrected chi connectivity index (χ1v) is 25.1. The zero-order chi connectivity index (χ0) is 44.5. The third kappa shape index (κ3) is 11.2. The summed E-state index contributed by atoms with van der Waals surface area (Å²) in [5.41, 5.74) is 5.99. The van der Waals surface area contributed by atoms with Crippen LogP contribution < -0.4 is 35.6 Å². The van der Waals surface area contributed by atoms with Crippen LogP contribution in [-0.2, 0) is 20.6 Å². The molecule has 3 aromatic carbocycles. The number of imide groups is 1. The molecular weight excluding hydrogens is 883 g/mol. The van der Waals surface area contributed by atoms with Gasteiger partial charge in [0.2, 0.25) is 18.3 Å². The number of halogens is 1. The van der Waals surface area contributed by atoms with Crippen LogP contribution in [0, 0.1) is 0 Å². The summed E-state index contributed by atoms with van der Waals surface area (Å²) in [6.07, 6.45) is 9.94. The zero-order valence-corrected chi connectivity index (χ0v) is 39.3. The Kier molecular flexibility index (Phi) is 15.3. The van der Waals surface area contributed by atoms with Gasteiger partial charge >= 0.3 is 0 Å². The third-order valence-electron chi connectivity index (χ3n) is 12.0. The highest BCUT2D eigenvalue weighted by molar-refractivity contribution is 9.10. The number of fused-ring (bicyclic) bond motifs is 1. The average Bonchev–Trinajstić information content (AvgIpc) is 3.29. The van der Waals surface area contributed by atoms with Crippen LogP contribution in [0.1, 0.15) is 56.6 Å². The van der Waals surface area contributed by atoms with Crippen LogP contribution in [0.3, 0.4) is 0 Å². The number of benzene rings is 3. The van der Waals surface area contributed by atoms with E-state index in [0.717, 1.165) is 88.5 Å². The summed E-state index contributed by atoms with van der Waals surface area (Å²) < 4.78 is 26.2.